The summed E-state index contributed by atoms with van der Waals surface area (Å²) in [4.78, 5) is 11.7. The number of rotatable bonds is 20. The molecule has 0 aliphatic heterocycles. The number of allylic oxidation sites excluding steroid dienone is 8. The molecular formula is C28H48O2. The van der Waals surface area contributed by atoms with Crippen LogP contribution in [-0.2, 0) is 9.53 Å². The van der Waals surface area contributed by atoms with Crippen LogP contribution in [0.4, 0.5) is 0 Å². The number of esters is 1. The summed E-state index contributed by atoms with van der Waals surface area (Å²) < 4.78 is 5.29. The fourth-order valence-corrected chi connectivity index (χ4v) is 3.01. The van der Waals surface area contributed by atoms with Gasteiger partial charge in [-0.2, -0.15) is 0 Å². The minimum atomic E-state index is -0.0465. The van der Waals surface area contributed by atoms with Crippen molar-refractivity contribution in [3.63, 3.8) is 0 Å². The number of unbranched alkanes of at least 4 members (excludes halogenated alkanes) is 6. The first-order valence-corrected chi connectivity index (χ1v) is 12.4. The molecule has 0 saturated heterocycles. The number of carbonyl (C=O) groups is 1. The Balaban J connectivity index is 3.45. The Hall–Kier alpha value is -1.57. The van der Waals surface area contributed by atoms with Crippen LogP contribution in [-0.4, -0.2) is 12.6 Å². The fourth-order valence-electron chi connectivity index (χ4n) is 3.01. The smallest absolute Gasteiger partial charge is 0.305 e. The highest BCUT2D eigenvalue weighted by molar-refractivity contribution is 5.69. The normalized spacial score (nSPS) is 12.4. The lowest BCUT2D eigenvalue weighted by Crippen LogP contribution is -2.05. The van der Waals surface area contributed by atoms with Crippen LogP contribution in [0.2, 0.25) is 0 Å². The highest BCUT2D eigenvalue weighted by atomic mass is 16.5. The second-order valence-electron chi connectivity index (χ2n) is 8.44. The Morgan fingerprint density at radius 1 is 0.700 bits per heavy atom. The molecule has 172 valence electrons. The van der Waals surface area contributed by atoms with Crippen molar-refractivity contribution in [1.29, 1.82) is 0 Å². The van der Waals surface area contributed by atoms with E-state index in [1.807, 2.05) is 0 Å². The average molecular weight is 417 g/mol. The van der Waals surface area contributed by atoms with Gasteiger partial charge in [0.25, 0.3) is 0 Å². The number of hydrogen-bond acceptors (Lipinski definition) is 2. The highest BCUT2D eigenvalue weighted by Crippen LogP contribution is 2.08. The molecule has 0 aromatic heterocycles. The second-order valence-corrected chi connectivity index (χ2v) is 8.44. The quantitative estimate of drug-likeness (QED) is 0.112. The molecule has 0 unspecified atom stereocenters. The summed E-state index contributed by atoms with van der Waals surface area (Å²) in [5.74, 6) is 0.722. The van der Waals surface area contributed by atoms with Crippen LogP contribution in [0.1, 0.15) is 111 Å². The molecule has 0 fully saturated rings. The molecule has 0 spiro atoms. The predicted octanol–water partition coefficient (Wildman–Crippen LogP) is 8.89. The Labute approximate surface area is 187 Å². The number of carbonyl (C=O) groups excluding carboxylic acids is 1. The van der Waals surface area contributed by atoms with Crippen LogP contribution < -0.4 is 0 Å². The lowest BCUT2D eigenvalue weighted by Gasteiger charge is -2.05. The molecule has 0 saturated carbocycles. The predicted molar refractivity (Wildman–Crippen MR) is 133 cm³/mol. The van der Waals surface area contributed by atoms with Gasteiger partial charge in [0.2, 0.25) is 0 Å². The van der Waals surface area contributed by atoms with Gasteiger partial charge in [0.1, 0.15) is 0 Å². The lowest BCUT2D eigenvalue weighted by atomic mass is 10.1. The van der Waals surface area contributed by atoms with Crippen LogP contribution in [0.15, 0.2) is 48.6 Å². The van der Waals surface area contributed by atoms with Crippen molar-refractivity contribution in [3.8, 4) is 0 Å². The van der Waals surface area contributed by atoms with Crippen LogP contribution in [0.5, 0.6) is 0 Å². The third kappa shape index (κ3) is 24.5. The maximum Gasteiger partial charge on any atom is 0.305 e. The summed E-state index contributed by atoms with van der Waals surface area (Å²) in [6.45, 7) is 7.32. The minimum absolute atomic E-state index is 0.0465. The van der Waals surface area contributed by atoms with Crippen molar-refractivity contribution in [1.82, 2.24) is 0 Å². The molecule has 0 aromatic carbocycles. The molecule has 0 N–H and O–H groups in total. The topological polar surface area (TPSA) is 26.3 Å². The monoisotopic (exact) mass is 416 g/mol. The van der Waals surface area contributed by atoms with E-state index in [1.54, 1.807) is 0 Å². The Bertz CT molecular complexity index is 483. The minimum Gasteiger partial charge on any atom is -0.466 e. The van der Waals surface area contributed by atoms with E-state index in [0.717, 1.165) is 50.9 Å². The van der Waals surface area contributed by atoms with E-state index in [2.05, 4.69) is 69.4 Å². The summed E-state index contributed by atoms with van der Waals surface area (Å²) in [5, 5.41) is 0. The zero-order valence-corrected chi connectivity index (χ0v) is 20.1. The van der Waals surface area contributed by atoms with Crippen molar-refractivity contribution in [2.45, 2.75) is 111 Å². The largest absolute Gasteiger partial charge is 0.466 e. The third-order valence-electron chi connectivity index (χ3n) is 4.90. The summed E-state index contributed by atoms with van der Waals surface area (Å²) in [6.07, 6.45) is 33.0. The van der Waals surface area contributed by atoms with Gasteiger partial charge in [-0.15, -0.1) is 0 Å². The molecule has 30 heavy (non-hydrogen) atoms. The van der Waals surface area contributed by atoms with Crippen LogP contribution >= 0.6 is 0 Å². The summed E-state index contributed by atoms with van der Waals surface area (Å²) in [6, 6.07) is 0. The van der Waals surface area contributed by atoms with Crippen LogP contribution in [0.3, 0.4) is 0 Å². The summed E-state index contributed by atoms with van der Waals surface area (Å²) in [5.41, 5.74) is 0. The summed E-state index contributed by atoms with van der Waals surface area (Å²) in [7, 11) is 0. The SMILES string of the molecule is CCCCC/C=C\C/C=C\C/C=C\C/C=C\CCCC(=O)OCCCCCC(C)C. The average Bonchev–Trinajstić information content (AvgIpc) is 2.72. The first-order chi connectivity index (χ1) is 14.7. The van der Waals surface area contributed by atoms with Crippen LogP contribution in [0.25, 0.3) is 0 Å². The Morgan fingerprint density at radius 3 is 1.83 bits per heavy atom. The molecule has 2 heteroatoms. The van der Waals surface area contributed by atoms with Crippen molar-refractivity contribution in [3.05, 3.63) is 48.6 Å². The molecular weight excluding hydrogens is 368 g/mol. The van der Waals surface area contributed by atoms with Crippen LogP contribution in [0, 0.1) is 5.92 Å². The molecule has 0 aliphatic rings. The molecule has 0 atom stereocenters. The van der Waals surface area contributed by atoms with Gasteiger partial charge in [-0.25, -0.2) is 0 Å². The van der Waals surface area contributed by atoms with E-state index in [0.29, 0.717) is 13.0 Å². The molecule has 2 nitrogen and oxygen atoms in total. The Kier molecular flexibility index (Phi) is 22.5. The lowest BCUT2D eigenvalue weighted by molar-refractivity contribution is -0.143. The Morgan fingerprint density at radius 2 is 1.27 bits per heavy atom. The first-order valence-electron chi connectivity index (χ1n) is 12.4. The van der Waals surface area contributed by atoms with E-state index >= 15 is 0 Å². The van der Waals surface area contributed by atoms with Gasteiger partial charge in [0.15, 0.2) is 0 Å². The van der Waals surface area contributed by atoms with E-state index in [1.165, 1.54) is 38.5 Å². The zero-order chi connectivity index (χ0) is 22.1. The molecule has 0 heterocycles. The van der Waals surface area contributed by atoms with Crippen molar-refractivity contribution >= 4 is 5.97 Å². The van der Waals surface area contributed by atoms with E-state index < -0.39 is 0 Å². The van der Waals surface area contributed by atoms with Gasteiger partial charge in [-0.05, 0) is 57.3 Å². The standard InChI is InChI=1S/C28H48O2/c1-4-5-6-7-8-9-10-11-12-13-14-15-16-17-18-19-22-25-28(29)30-26-23-20-21-24-27(2)3/h8-9,11-12,14-15,17-18,27H,4-7,10,13,16,19-26H2,1-3H3/b9-8-,12-11-,15-14-,18-17-. The fraction of sp³-hybridized carbons (Fsp3) is 0.679. The summed E-state index contributed by atoms with van der Waals surface area (Å²) >= 11 is 0. The van der Waals surface area contributed by atoms with Gasteiger partial charge < -0.3 is 4.74 Å². The van der Waals surface area contributed by atoms with Gasteiger partial charge >= 0.3 is 5.97 Å². The van der Waals surface area contributed by atoms with Crippen molar-refractivity contribution in [2.24, 2.45) is 5.92 Å². The number of hydrogen-bond donors (Lipinski definition) is 0. The molecule has 0 amide bonds. The highest BCUT2D eigenvalue weighted by Gasteiger charge is 2.01. The molecule has 0 bridgehead atoms. The second kappa shape index (κ2) is 23.7. The molecule has 0 radical (unpaired) electrons. The zero-order valence-electron chi connectivity index (χ0n) is 20.1. The first kappa shape index (κ1) is 28.4. The molecule has 0 aliphatic carbocycles. The molecule has 0 rings (SSSR count). The molecule has 0 aromatic rings. The van der Waals surface area contributed by atoms with E-state index in [-0.39, 0.29) is 5.97 Å². The van der Waals surface area contributed by atoms with Crippen molar-refractivity contribution in [2.75, 3.05) is 6.61 Å². The van der Waals surface area contributed by atoms with Gasteiger partial charge in [0.05, 0.1) is 6.61 Å². The maximum atomic E-state index is 11.7. The van der Waals surface area contributed by atoms with Crippen molar-refractivity contribution < 1.29 is 9.53 Å². The maximum absolute atomic E-state index is 11.7. The van der Waals surface area contributed by atoms with Gasteiger partial charge in [-0.3, -0.25) is 4.79 Å². The van der Waals surface area contributed by atoms with Gasteiger partial charge in [0, 0.05) is 6.42 Å². The van der Waals surface area contributed by atoms with Gasteiger partial charge in [-0.1, -0.05) is 101 Å². The van der Waals surface area contributed by atoms with E-state index in [9.17, 15) is 4.79 Å². The van der Waals surface area contributed by atoms with E-state index in [4.69, 9.17) is 4.74 Å². The number of ether oxygens (including phenoxy) is 1. The third-order valence-corrected chi connectivity index (χ3v) is 4.90.